The smallest absolute Gasteiger partial charge is 0.257 e. The number of thiocarbonyl (C=S) groups is 1. The lowest BCUT2D eigenvalue weighted by Gasteiger charge is -2.11. The first-order chi connectivity index (χ1) is 14.8. The lowest BCUT2D eigenvalue weighted by atomic mass is 10.1. The number of phenols is 1. The predicted molar refractivity (Wildman–Crippen MR) is 126 cm³/mol. The maximum absolute atomic E-state index is 12.4. The van der Waals surface area contributed by atoms with Crippen molar-refractivity contribution in [2.75, 3.05) is 5.32 Å². The second-order valence-electron chi connectivity index (χ2n) is 6.76. The monoisotopic (exact) mass is 471 g/mol. The maximum Gasteiger partial charge on any atom is 0.257 e. The number of nitrogens with zero attached hydrogens (tertiary/aromatic N) is 1. The lowest BCUT2D eigenvalue weighted by molar-refractivity contribution is 0.0977. The number of oxazole rings is 1. The Hall–Kier alpha value is -3.13. The molecule has 31 heavy (non-hydrogen) atoms. The summed E-state index contributed by atoms with van der Waals surface area (Å²) in [5, 5.41) is 16.5. The van der Waals surface area contributed by atoms with Crippen molar-refractivity contribution in [3.05, 3.63) is 75.8 Å². The van der Waals surface area contributed by atoms with Gasteiger partial charge in [-0.15, -0.1) is 0 Å². The molecule has 3 N–H and O–H groups in total. The van der Waals surface area contributed by atoms with Crippen LogP contribution in [0.5, 0.6) is 5.75 Å². The van der Waals surface area contributed by atoms with Crippen LogP contribution >= 0.6 is 35.4 Å². The van der Waals surface area contributed by atoms with E-state index in [1.165, 1.54) is 18.2 Å². The largest absolute Gasteiger partial charge is 0.507 e. The average Bonchev–Trinajstić information content (AvgIpc) is 3.14. The molecule has 4 aromatic rings. The number of benzene rings is 3. The van der Waals surface area contributed by atoms with Crippen LogP contribution in [0.25, 0.3) is 22.6 Å². The minimum absolute atomic E-state index is 0.000381. The van der Waals surface area contributed by atoms with Crippen molar-refractivity contribution in [1.82, 2.24) is 10.3 Å². The molecule has 0 fully saturated rings. The quantitative estimate of drug-likeness (QED) is 0.253. The van der Waals surface area contributed by atoms with Crippen LogP contribution in [0.4, 0.5) is 5.69 Å². The Balaban J connectivity index is 1.53. The fourth-order valence-electron chi connectivity index (χ4n) is 2.91. The van der Waals surface area contributed by atoms with Gasteiger partial charge in [-0.05, 0) is 73.2 Å². The van der Waals surface area contributed by atoms with Crippen LogP contribution in [0.1, 0.15) is 15.9 Å². The average molecular weight is 472 g/mol. The summed E-state index contributed by atoms with van der Waals surface area (Å²) in [6.45, 7) is 1.96. The zero-order chi connectivity index (χ0) is 22.1. The summed E-state index contributed by atoms with van der Waals surface area (Å²) in [5.74, 6) is -0.170. The lowest BCUT2D eigenvalue weighted by Crippen LogP contribution is -2.34. The summed E-state index contributed by atoms with van der Waals surface area (Å²) >= 11 is 17.1. The Morgan fingerprint density at radius 1 is 1.06 bits per heavy atom. The maximum atomic E-state index is 12.4. The first-order valence-corrected chi connectivity index (χ1v) is 10.2. The Morgan fingerprint density at radius 3 is 2.65 bits per heavy atom. The molecule has 0 saturated carbocycles. The van der Waals surface area contributed by atoms with Crippen LogP contribution in [0.2, 0.25) is 10.0 Å². The van der Waals surface area contributed by atoms with Gasteiger partial charge in [0.25, 0.3) is 5.91 Å². The van der Waals surface area contributed by atoms with E-state index >= 15 is 0 Å². The van der Waals surface area contributed by atoms with Gasteiger partial charge in [0.2, 0.25) is 5.89 Å². The van der Waals surface area contributed by atoms with Gasteiger partial charge < -0.3 is 14.8 Å². The third kappa shape index (κ3) is 4.64. The van der Waals surface area contributed by atoms with Crippen molar-refractivity contribution in [2.45, 2.75) is 6.92 Å². The number of carbonyl (C=O) groups excluding carboxylic acids is 1. The number of phenolic OH excluding ortho intramolecular Hbond substituents is 1. The molecule has 4 rings (SSSR count). The number of carbonyl (C=O) groups is 1. The van der Waals surface area contributed by atoms with Crippen LogP contribution in [0.3, 0.4) is 0 Å². The molecule has 3 aromatic carbocycles. The fourth-order valence-corrected chi connectivity index (χ4v) is 3.42. The van der Waals surface area contributed by atoms with E-state index in [0.29, 0.717) is 32.9 Å². The van der Waals surface area contributed by atoms with E-state index in [4.69, 9.17) is 39.8 Å². The molecule has 1 amide bonds. The van der Waals surface area contributed by atoms with Gasteiger partial charge >= 0.3 is 0 Å². The SMILES string of the molecule is Cc1ccc2nc(-c3cc(NC(=S)NC(=O)c4ccc(Cl)c(Cl)c4)ccc3O)oc2c1. The van der Waals surface area contributed by atoms with Crippen LogP contribution < -0.4 is 10.6 Å². The first-order valence-electron chi connectivity index (χ1n) is 9.08. The van der Waals surface area contributed by atoms with Gasteiger partial charge in [-0.2, -0.15) is 0 Å². The molecule has 0 atom stereocenters. The van der Waals surface area contributed by atoms with Crippen LogP contribution in [0, 0.1) is 6.92 Å². The van der Waals surface area contributed by atoms with Crippen molar-refractivity contribution < 1.29 is 14.3 Å². The van der Waals surface area contributed by atoms with E-state index in [9.17, 15) is 9.90 Å². The highest BCUT2D eigenvalue weighted by molar-refractivity contribution is 7.80. The summed E-state index contributed by atoms with van der Waals surface area (Å²) in [5.41, 5.74) is 3.58. The molecule has 0 spiro atoms. The first kappa shape index (κ1) is 21.1. The summed E-state index contributed by atoms with van der Waals surface area (Å²) < 4.78 is 5.79. The van der Waals surface area contributed by atoms with E-state index in [1.54, 1.807) is 18.2 Å². The molecule has 0 saturated heterocycles. The highest BCUT2D eigenvalue weighted by atomic mass is 35.5. The molecule has 0 aliphatic rings. The minimum Gasteiger partial charge on any atom is -0.507 e. The van der Waals surface area contributed by atoms with Crippen LogP contribution in [-0.2, 0) is 0 Å². The molecule has 0 radical (unpaired) electrons. The number of rotatable bonds is 3. The predicted octanol–water partition coefficient (Wildman–Crippen LogP) is 5.94. The van der Waals surface area contributed by atoms with Gasteiger partial charge in [0.15, 0.2) is 10.7 Å². The van der Waals surface area contributed by atoms with E-state index in [2.05, 4.69) is 15.6 Å². The van der Waals surface area contributed by atoms with Crippen LogP contribution in [0.15, 0.2) is 59.0 Å². The Labute approximate surface area is 192 Å². The molecule has 0 aliphatic carbocycles. The summed E-state index contributed by atoms with van der Waals surface area (Å²) in [6.07, 6.45) is 0. The number of nitrogens with one attached hydrogen (secondary N) is 2. The number of halogens is 2. The number of fused-ring (bicyclic) bond motifs is 1. The number of aromatic nitrogens is 1. The highest BCUT2D eigenvalue weighted by Gasteiger charge is 2.15. The number of hydrogen-bond donors (Lipinski definition) is 3. The molecule has 6 nitrogen and oxygen atoms in total. The topological polar surface area (TPSA) is 87.4 Å². The van der Waals surface area contributed by atoms with Gasteiger partial charge in [-0.3, -0.25) is 10.1 Å². The minimum atomic E-state index is -0.440. The second-order valence-corrected chi connectivity index (χ2v) is 7.98. The zero-order valence-corrected chi connectivity index (χ0v) is 18.4. The number of aromatic hydroxyl groups is 1. The summed E-state index contributed by atoms with van der Waals surface area (Å²) in [7, 11) is 0. The van der Waals surface area contributed by atoms with Crippen molar-refractivity contribution in [1.29, 1.82) is 0 Å². The van der Waals surface area contributed by atoms with Crippen molar-refractivity contribution >= 4 is 63.2 Å². The van der Waals surface area contributed by atoms with Gasteiger partial charge in [0, 0.05) is 11.3 Å². The normalized spacial score (nSPS) is 10.8. The molecule has 0 bridgehead atoms. The fraction of sp³-hybridized carbons (Fsp3) is 0.0455. The Kier molecular flexibility index (Phi) is 5.82. The van der Waals surface area contributed by atoms with Crippen molar-refractivity contribution in [3.8, 4) is 17.2 Å². The third-order valence-corrected chi connectivity index (χ3v) is 5.38. The number of aryl methyl sites for hydroxylation is 1. The van der Waals surface area contributed by atoms with Gasteiger partial charge in [0.05, 0.1) is 15.6 Å². The van der Waals surface area contributed by atoms with E-state index in [0.717, 1.165) is 5.56 Å². The summed E-state index contributed by atoms with van der Waals surface area (Å²) in [4.78, 5) is 16.8. The number of anilines is 1. The van der Waals surface area contributed by atoms with E-state index in [-0.39, 0.29) is 21.8 Å². The van der Waals surface area contributed by atoms with Crippen LogP contribution in [-0.4, -0.2) is 21.1 Å². The Morgan fingerprint density at radius 2 is 1.87 bits per heavy atom. The molecule has 0 unspecified atom stereocenters. The van der Waals surface area contributed by atoms with Crippen molar-refractivity contribution in [2.24, 2.45) is 0 Å². The third-order valence-electron chi connectivity index (χ3n) is 4.44. The van der Waals surface area contributed by atoms with Gasteiger partial charge in [-0.25, -0.2) is 4.98 Å². The molecular weight excluding hydrogens is 457 g/mol. The standard InChI is InChI=1S/C22H15Cl2N3O3S/c1-11-2-6-17-19(8-11)30-21(26-17)14-10-13(4-7-18(14)28)25-22(31)27-20(29)12-3-5-15(23)16(24)9-12/h2-10,28H,1H3,(H2,25,27,29,31). The molecular formula is C22H15Cl2N3O3S. The zero-order valence-electron chi connectivity index (χ0n) is 16.1. The molecule has 9 heteroatoms. The molecule has 0 aliphatic heterocycles. The number of amides is 1. The highest BCUT2D eigenvalue weighted by Crippen LogP contribution is 2.33. The second kappa shape index (κ2) is 8.55. The van der Waals surface area contributed by atoms with Gasteiger partial charge in [-0.1, -0.05) is 29.3 Å². The summed E-state index contributed by atoms with van der Waals surface area (Å²) in [6, 6.07) is 14.9. The van der Waals surface area contributed by atoms with E-state index in [1.807, 2.05) is 25.1 Å². The Bertz CT molecular complexity index is 1340. The molecule has 1 heterocycles. The molecule has 1 aromatic heterocycles. The van der Waals surface area contributed by atoms with E-state index < -0.39 is 5.91 Å². The van der Waals surface area contributed by atoms with Gasteiger partial charge in [0.1, 0.15) is 11.3 Å². The van der Waals surface area contributed by atoms with Crippen molar-refractivity contribution in [3.63, 3.8) is 0 Å². The number of hydrogen-bond acceptors (Lipinski definition) is 5. The molecule has 156 valence electrons.